The summed E-state index contributed by atoms with van der Waals surface area (Å²) in [5, 5.41) is 2.77. The molecule has 2 nitrogen and oxygen atoms in total. The maximum atomic E-state index is 13.3. The van der Waals surface area contributed by atoms with E-state index in [1.165, 1.54) is 12.1 Å². The van der Waals surface area contributed by atoms with Crippen molar-refractivity contribution in [3.8, 4) is 11.1 Å². The number of hydrogen-bond donors (Lipinski definition) is 1. The molecule has 0 aliphatic carbocycles. The van der Waals surface area contributed by atoms with Gasteiger partial charge in [-0.2, -0.15) is 0 Å². The molecule has 120 valence electrons. The number of rotatable bonds is 4. The second-order valence-electron chi connectivity index (χ2n) is 5.75. The Balaban J connectivity index is 1.67. The normalized spacial score (nSPS) is 10.4. The summed E-state index contributed by atoms with van der Waals surface area (Å²) in [4.78, 5) is 12.2. The summed E-state index contributed by atoms with van der Waals surface area (Å²) in [5.41, 5.74) is 4.52. The molecule has 0 spiro atoms. The maximum absolute atomic E-state index is 13.3. The minimum absolute atomic E-state index is 0.156. The Morgan fingerprint density at radius 3 is 2.29 bits per heavy atom. The van der Waals surface area contributed by atoms with Gasteiger partial charge in [-0.3, -0.25) is 4.79 Å². The van der Waals surface area contributed by atoms with E-state index in [1.54, 1.807) is 6.07 Å². The number of amides is 1. The van der Waals surface area contributed by atoms with E-state index in [9.17, 15) is 9.18 Å². The first kappa shape index (κ1) is 15.9. The number of carbonyl (C=O) groups excluding carboxylic acids is 1. The third kappa shape index (κ3) is 3.87. The van der Waals surface area contributed by atoms with Gasteiger partial charge in [0.15, 0.2) is 0 Å². The fourth-order valence-electron chi connectivity index (χ4n) is 2.55. The monoisotopic (exact) mass is 319 g/mol. The van der Waals surface area contributed by atoms with Crippen LogP contribution in [0.25, 0.3) is 11.1 Å². The van der Waals surface area contributed by atoms with Crippen LogP contribution in [0, 0.1) is 12.7 Å². The Bertz CT molecular complexity index is 841. The molecule has 0 fully saturated rings. The molecular weight excluding hydrogens is 301 g/mol. The molecule has 0 radical (unpaired) electrons. The van der Waals surface area contributed by atoms with Gasteiger partial charge in [0, 0.05) is 5.69 Å². The minimum Gasteiger partial charge on any atom is -0.325 e. The Morgan fingerprint density at radius 1 is 0.917 bits per heavy atom. The van der Waals surface area contributed by atoms with Crippen molar-refractivity contribution in [2.75, 3.05) is 5.32 Å². The quantitative estimate of drug-likeness (QED) is 0.722. The maximum Gasteiger partial charge on any atom is 0.228 e. The van der Waals surface area contributed by atoms with Gasteiger partial charge < -0.3 is 5.32 Å². The van der Waals surface area contributed by atoms with E-state index in [2.05, 4.69) is 17.4 Å². The Morgan fingerprint density at radius 2 is 1.58 bits per heavy atom. The van der Waals surface area contributed by atoms with E-state index in [0.29, 0.717) is 5.69 Å². The minimum atomic E-state index is -0.358. The number of halogens is 1. The van der Waals surface area contributed by atoms with Crippen molar-refractivity contribution < 1.29 is 9.18 Å². The molecule has 24 heavy (non-hydrogen) atoms. The summed E-state index contributed by atoms with van der Waals surface area (Å²) in [6, 6.07) is 22.4. The average Bonchev–Trinajstić information content (AvgIpc) is 2.59. The van der Waals surface area contributed by atoms with Crippen LogP contribution in [0.4, 0.5) is 10.1 Å². The molecule has 0 unspecified atom stereocenters. The number of anilines is 1. The zero-order valence-electron chi connectivity index (χ0n) is 13.4. The molecule has 1 N–H and O–H groups in total. The van der Waals surface area contributed by atoms with Gasteiger partial charge in [0.2, 0.25) is 5.91 Å². The first-order valence-corrected chi connectivity index (χ1v) is 7.82. The molecule has 3 heteroatoms. The van der Waals surface area contributed by atoms with E-state index in [1.807, 2.05) is 49.4 Å². The number of aryl methyl sites for hydroxylation is 1. The Hall–Kier alpha value is -2.94. The molecule has 0 aliphatic rings. The predicted molar refractivity (Wildman–Crippen MR) is 95.3 cm³/mol. The number of carbonyl (C=O) groups is 1. The first-order chi connectivity index (χ1) is 11.6. The summed E-state index contributed by atoms with van der Waals surface area (Å²) in [5.74, 6) is -0.515. The van der Waals surface area contributed by atoms with E-state index in [0.717, 1.165) is 22.3 Å². The molecule has 0 saturated carbocycles. The number of nitrogens with one attached hydrogen (secondary N) is 1. The fraction of sp³-hybridized carbons (Fsp3) is 0.0952. The van der Waals surface area contributed by atoms with E-state index in [-0.39, 0.29) is 18.1 Å². The van der Waals surface area contributed by atoms with Gasteiger partial charge in [0.05, 0.1) is 6.42 Å². The molecule has 0 aliphatic heterocycles. The van der Waals surface area contributed by atoms with E-state index < -0.39 is 0 Å². The Labute approximate surface area is 141 Å². The molecule has 0 atom stereocenters. The largest absolute Gasteiger partial charge is 0.325 e. The van der Waals surface area contributed by atoms with Crippen molar-refractivity contribution in [1.82, 2.24) is 0 Å². The Kier molecular flexibility index (Phi) is 4.71. The van der Waals surface area contributed by atoms with E-state index in [4.69, 9.17) is 0 Å². The highest BCUT2D eigenvalue weighted by Gasteiger charge is 2.07. The van der Waals surface area contributed by atoms with Crippen LogP contribution in [0.1, 0.15) is 11.1 Å². The lowest BCUT2D eigenvalue weighted by Crippen LogP contribution is -2.15. The van der Waals surface area contributed by atoms with Crippen LogP contribution in [0.15, 0.2) is 72.8 Å². The summed E-state index contributed by atoms with van der Waals surface area (Å²) < 4.78 is 13.3. The van der Waals surface area contributed by atoms with Crippen molar-refractivity contribution in [2.45, 2.75) is 13.3 Å². The van der Waals surface area contributed by atoms with Gasteiger partial charge in [0.25, 0.3) is 0 Å². The summed E-state index contributed by atoms with van der Waals surface area (Å²) in [6.45, 7) is 1.84. The van der Waals surface area contributed by atoms with Crippen molar-refractivity contribution >= 4 is 11.6 Å². The lowest BCUT2D eigenvalue weighted by molar-refractivity contribution is -0.115. The molecule has 1 amide bonds. The van der Waals surface area contributed by atoms with E-state index >= 15 is 0 Å². The van der Waals surface area contributed by atoms with Crippen LogP contribution in [-0.4, -0.2) is 5.91 Å². The van der Waals surface area contributed by atoms with Crippen molar-refractivity contribution in [3.63, 3.8) is 0 Å². The van der Waals surface area contributed by atoms with Gasteiger partial charge in [-0.05, 0) is 41.3 Å². The van der Waals surface area contributed by atoms with Crippen molar-refractivity contribution in [3.05, 3.63) is 89.7 Å². The van der Waals surface area contributed by atoms with Crippen LogP contribution in [0.2, 0.25) is 0 Å². The van der Waals surface area contributed by atoms with Gasteiger partial charge in [-0.25, -0.2) is 4.39 Å². The van der Waals surface area contributed by atoms with Crippen LogP contribution in [0.3, 0.4) is 0 Å². The predicted octanol–water partition coefficient (Wildman–Crippen LogP) is 4.98. The highest BCUT2D eigenvalue weighted by Crippen LogP contribution is 2.20. The number of hydrogen-bond acceptors (Lipinski definition) is 1. The lowest BCUT2D eigenvalue weighted by atomic mass is 10.0. The lowest BCUT2D eigenvalue weighted by Gasteiger charge is -2.09. The SMILES string of the molecule is Cc1ccc(F)cc1NC(=O)Cc1ccc(-c2ccccc2)cc1. The third-order valence-corrected chi connectivity index (χ3v) is 3.90. The van der Waals surface area contributed by atoms with Crippen LogP contribution >= 0.6 is 0 Å². The molecule has 3 aromatic rings. The molecule has 0 saturated heterocycles. The summed E-state index contributed by atoms with van der Waals surface area (Å²) in [6.07, 6.45) is 0.255. The van der Waals surface area contributed by atoms with Gasteiger partial charge in [0.1, 0.15) is 5.82 Å². The third-order valence-electron chi connectivity index (χ3n) is 3.90. The molecule has 0 heterocycles. The van der Waals surface area contributed by atoms with Gasteiger partial charge in [-0.1, -0.05) is 60.7 Å². The smallest absolute Gasteiger partial charge is 0.228 e. The topological polar surface area (TPSA) is 29.1 Å². The second-order valence-corrected chi connectivity index (χ2v) is 5.75. The van der Waals surface area contributed by atoms with Gasteiger partial charge in [-0.15, -0.1) is 0 Å². The standard InChI is InChI=1S/C21H18FNO/c1-15-7-12-19(22)14-20(15)23-21(24)13-16-8-10-18(11-9-16)17-5-3-2-4-6-17/h2-12,14H,13H2,1H3,(H,23,24). The van der Waals surface area contributed by atoms with Gasteiger partial charge >= 0.3 is 0 Å². The number of benzene rings is 3. The molecule has 0 aromatic heterocycles. The average molecular weight is 319 g/mol. The molecule has 3 rings (SSSR count). The first-order valence-electron chi connectivity index (χ1n) is 7.82. The van der Waals surface area contributed by atoms with Crippen molar-refractivity contribution in [2.24, 2.45) is 0 Å². The highest BCUT2D eigenvalue weighted by molar-refractivity contribution is 5.93. The second kappa shape index (κ2) is 7.09. The zero-order valence-corrected chi connectivity index (χ0v) is 13.4. The highest BCUT2D eigenvalue weighted by atomic mass is 19.1. The summed E-state index contributed by atoms with van der Waals surface area (Å²) in [7, 11) is 0. The summed E-state index contributed by atoms with van der Waals surface area (Å²) >= 11 is 0. The van der Waals surface area contributed by atoms with Crippen molar-refractivity contribution in [1.29, 1.82) is 0 Å². The molecular formula is C21H18FNO. The molecule has 3 aromatic carbocycles. The van der Waals surface area contributed by atoms with Crippen LogP contribution < -0.4 is 5.32 Å². The zero-order chi connectivity index (χ0) is 16.9. The van der Waals surface area contributed by atoms with Crippen LogP contribution in [-0.2, 0) is 11.2 Å². The fourth-order valence-corrected chi connectivity index (χ4v) is 2.55. The van der Waals surface area contributed by atoms with Crippen LogP contribution in [0.5, 0.6) is 0 Å². The molecule has 0 bridgehead atoms.